The molecule has 7 heteroatoms. The number of morpholine rings is 1. The van der Waals surface area contributed by atoms with E-state index in [1.165, 1.54) is 6.07 Å². The highest BCUT2D eigenvalue weighted by molar-refractivity contribution is 14.0. The van der Waals surface area contributed by atoms with Crippen LogP contribution in [0.3, 0.4) is 0 Å². The molecule has 2 atom stereocenters. The zero-order chi connectivity index (χ0) is 19.3. The van der Waals surface area contributed by atoms with Crippen LogP contribution in [0.1, 0.15) is 39.2 Å². The molecule has 2 heterocycles. The lowest BCUT2D eigenvalue weighted by atomic mass is 9.84. The van der Waals surface area contributed by atoms with Crippen LogP contribution in [0, 0.1) is 5.82 Å². The quantitative estimate of drug-likeness (QED) is 0.378. The number of nitrogens with one attached hydrogen (secondary N) is 1. The molecule has 0 bridgehead atoms. The third-order valence-corrected chi connectivity index (χ3v) is 5.33. The third kappa shape index (κ3) is 5.79. The van der Waals surface area contributed by atoms with Gasteiger partial charge in [0.25, 0.3) is 0 Å². The summed E-state index contributed by atoms with van der Waals surface area (Å²) in [4.78, 5) is 7.10. The summed E-state index contributed by atoms with van der Waals surface area (Å²) in [6, 6.07) is 6.96. The second-order valence-electron chi connectivity index (χ2n) is 7.94. The zero-order valence-electron chi connectivity index (χ0n) is 17.1. The summed E-state index contributed by atoms with van der Waals surface area (Å²) < 4.78 is 26.0. The number of benzene rings is 1. The SMILES string of the molecule is CCNC(=NCC(C)(C)c1ccccc1F)N1CCOC(C2CCCO2)C1.I. The maximum Gasteiger partial charge on any atom is 0.194 e. The summed E-state index contributed by atoms with van der Waals surface area (Å²) in [7, 11) is 0. The molecule has 0 aromatic heterocycles. The van der Waals surface area contributed by atoms with Crippen molar-refractivity contribution in [3.05, 3.63) is 35.6 Å². The Morgan fingerprint density at radius 3 is 2.68 bits per heavy atom. The monoisotopic (exact) mass is 505 g/mol. The highest BCUT2D eigenvalue weighted by Gasteiger charge is 2.32. The van der Waals surface area contributed by atoms with Gasteiger partial charge in [-0.3, -0.25) is 4.99 Å². The number of halogens is 2. The van der Waals surface area contributed by atoms with Crippen molar-refractivity contribution in [2.45, 2.75) is 51.2 Å². The molecule has 2 aliphatic heterocycles. The Hall–Kier alpha value is -0.930. The number of nitrogens with zero attached hydrogens (tertiary/aromatic N) is 2. The van der Waals surface area contributed by atoms with E-state index in [2.05, 4.69) is 17.1 Å². The summed E-state index contributed by atoms with van der Waals surface area (Å²) in [6.45, 7) is 10.5. The van der Waals surface area contributed by atoms with Gasteiger partial charge in [0.15, 0.2) is 5.96 Å². The van der Waals surface area contributed by atoms with E-state index in [4.69, 9.17) is 14.5 Å². The van der Waals surface area contributed by atoms with Gasteiger partial charge in [-0.25, -0.2) is 4.39 Å². The van der Waals surface area contributed by atoms with E-state index in [1.54, 1.807) is 6.07 Å². The van der Waals surface area contributed by atoms with Gasteiger partial charge in [0.1, 0.15) is 11.9 Å². The Morgan fingerprint density at radius 1 is 1.25 bits per heavy atom. The molecule has 0 spiro atoms. The molecule has 1 aromatic carbocycles. The molecule has 0 amide bonds. The van der Waals surface area contributed by atoms with Gasteiger partial charge in [-0.05, 0) is 31.4 Å². The topological polar surface area (TPSA) is 46.1 Å². The van der Waals surface area contributed by atoms with Crippen LogP contribution in [0.5, 0.6) is 0 Å². The lowest BCUT2D eigenvalue weighted by molar-refractivity contribution is -0.0817. The Balaban J connectivity index is 0.00000280. The fourth-order valence-corrected chi connectivity index (χ4v) is 3.78. The van der Waals surface area contributed by atoms with Gasteiger partial charge in [-0.2, -0.15) is 0 Å². The second kappa shape index (κ2) is 10.7. The van der Waals surface area contributed by atoms with Crippen LogP contribution in [0.4, 0.5) is 4.39 Å². The number of rotatable bonds is 5. The highest BCUT2D eigenvalue weighted by atomic mass is 127. The Bertz CT molecular complexity index is 650. The van der Waals surface area contributed by atoms with Gasteiger partial charge in [-0.1, -0.05) is 32.0 Å². The first kappa shape index (κ1) is 23.3. The minimum atomic E-state index is -0.383. The zero-order valence-corrected chi connectivity index (χ0v) is 19.4. The van der Waals surface area contributed by atoms with E-state index >= 15 is 0 Å². The summed E-state index contributed by atoms with van der Waals surface area (Å²) in [5, 5.41) is 3.39. The van der Waals surface area contributed by atoms with Crippen molar-refractivity contribution in [1.29, 1.82) is 0 Å². The van der Waals surface area contributed by atoms with Crippen molar-refractivity contribution < 1.29 is 13.9 Å². The van der Waals surface area contributed by atoms with E-state index in [0.717, 1.165) is 45.0 Å². The molecule has 2 saturated heterocycles. The van der Waals surface area contributed by atoms with Gasteiger partial charge in [0.2, 0.25) is 0 Å². The smallest absolute Gasteiger partial charge is 0.194 e. The number of hydrogen-bond acceptors (Lipinski definition) is 3. The van der Waals surface area contributed by atoms with Crippen molar-refractivity contribution >= 4 is 29.9 Å². The summed E-state index contributed by atoms with van der Waals surface area (Å²) in [5.41, 5.74) is 0.315. The van der Waals surface area contributed by atoms with Gasteiger partial charge in [0.05, 0.1) is 19.3 Å². The van der Waals surface area contributed by atoms with Gasteiger partial charge in [0, 0.05) is 31.7 Å². The first-order chi connectivity index (χ1) is 13.0. The molecule has 2 unspecified atom stereocenters. The number of hydrogen-bond donors (Lipinski definition) is 1. The fourth-order valence-electron chi connectivity index (χ4n) is 3.78. The van der Waals surface area contributed by atoms with E-state index in [1.807, 2.05) is 26.0 Å². The first-order valence-electron chi connectivity index (χ1n) is 10.0. The van der Waals surface area contributed by atoms with Gasteiger partial charge < -0.3 is 19.7 Å². The number of aliphatic imine (C=N–C) groups is 1. The van der Waals surface area contributed by atoms with Crippen LogP contribution < -0.4 is 5.32 Å². The molecule has 0 saturated carbocycles. The molecule has 0 radical (unpaired) electrons. The molecule has 2 aliphatic rings. The average molecular weight is 505 g/mol. The van der Waals surface area contributed by atoms with E-state index < -0.39 is 0 Å². The van der Waals surface area contributed by atoms with E-state index in [0.29, 0.717) is 18.7 Å². The molecule has 158 valence electrons. The summed E-state index contributed by atoms with van der Waals surface area (Å²) in [5.74, 6) is 0.695. The predicted octanol–water partition coefficient (Wildman–Crippen LogP) is 3.57. The molecule has 5 nitrogen and oxygen atoms in total. The fraction of sp³-hybridized carbons (Fsp3) is 0.667. The minimum Gasteiger partial charge on any atom is -0.375 e. The minimum absolute atomic E-state index is 0. The Labute approximate surface area is 185 Å². The number of ether oxygens (including phenoxy) is 2. The molecule has 1 aromatic rings. The largest absolute Gasteiger partial charge is 0.375 e. The molecule has 3 rings (SSSR count). The molecule has 2 fully saturated rings. The molecular weight excluding hydrogens is 472 g/mol. The standard InChI is InChI=1S/C21H32FN3O2.HI/c1-4-23-20(24-15-21(2,3)16-8-5-6-9-17(16)22)25-11-13-27-19(14-25)18-10-7-12-26-18;/h5-6,8-9,18-19H,4,7,10-15H2,1-3H3,(H,23,24);1H. The van der Waals surface area contributed by atoms with Crippen LogP contribution >= 0.6 is 24.0 Å². The lowest BCUT2D eigenvalue weighted by Crippen LogP contribution is -2.53. The molecule has 0 aliphatic carbocycles. The first-order valence-corrected chi connectivity index (χ1v) is 10.0. The van der Waals surface area contributed by atoms with Crippen molar-refractivity contribution in [3.8, 4) is 0 Å². The highest BCUT2D eigenvalue weighted by Crippen LogP contribution is 2.26. The van der Waals surface area contributed by atoms with Crippen LogP contribution in [-0.4, -0.2) is 62.5 Å². The Morgan fingerprint density at radius 2 is 2.00 bits per heavy atom. The second-order valence-corrected chi connectivity index (χ2v) is 7.94. The molecule has 1 N–H and O–H groups in total. The third-order valence-electron chi connectivity index (χ3n) is 5.33. The van der Waals surface area contributed by atoms with Crippen LogP contribution in [0.2, 0.25) is 0 Å². The average Bonchev–Trinajstić information content (AvgIpc) is 3.20. The van der Waals surface area contributed by atoms with Gasteiger partial charge >= 0.3 is 0 Å². The van der Waals surface area contributed by atoms with Crippen molar-refractivity contribution in [1.82, 2.24) is 10.2 Å². The van der Waals surface area contributed by atoms with Crippen LogP contribution in [0.25, 0.3) is 0 Å². The molecule has 28 heavy (non-hydrogen) atoms. The summed E-state index contributed by atoms with van der Waals surface area (Å²) in [6.07, 6.45) is 2.44. The maximum atomic E-state index is 14.2. The van der Waals surface area contributed by atoms with E-state index in [9.17, 15) is 4.39 Å². The van der Waals surface area contributed by atoms with Crippen LogP contribution in [0.15, 0.2) is 29.3 Å². The maximum absolute atomic E-state index is 14.2. The normalized spacial score (nSPS) is 23.4. The predicted molar refractivity (Wildman–Crippen MR) is 121 cm³/mol. The van der Waals surface area contributed by atoms with E-state index in [-0.39, 0.29) is 47.4 Å². The summed E-state index contributed by atoms with van der Waals surface area (Å²) >= 11 is 0. The van der Waals surface area contributed by atoms with Crippen LogP contribution in [-0.2, 0) is 14.9 Å². The van der Waals surface area contributed by atoms with Gasteiger partial charge in [-0.15, -0.1) is 24.0 Å². The Kier molecular flexibility index (Phi) is 8.95. The van der Waals surface area contributed by atoms with Crippen molar-refractivity contribution in [2.75, 3.05) is 39.4 Å². The van der Waals surface area contributed by atoms with Crippen molar-refractivity contribution in [2.24, 2.45) is 4.99 Å². The number of guanidine groups is 1. The lowest BCUT2D eigenvalue weighted by Gasteiger charge is -2.37. The van der Waals surface area contributed by atoms with Crippen molar-refractivity contribution in [3.63, 3.8) is 0 Å². The molecular formula is C21H33FIN3O2.